The summed E-state index contributed by atoms with van der Waals surface area (Å²) in [6, 6.07) is 9.42. The van der Waals surface area contributed by atoms with Crippen LogP contribution >= 0.6 is 0 Å². The molecule has 13 heteroatoms. The lowest BCUT2D eigenvalue weighted by Crippen LogP contribution is -2.34. The van der Waals surface area contributed by atoms with Crippen molar-refractivity contribution in [1.29, 1.82) is 5.26 Å². The number of carbonyl (C=O) groups excluding carboxylic acids is 1. The van der Waals surface area contributed by atoms with Crippen molar-refractivity contribution in [3.05, 3.63) is 71.7 Å². The number of carboxylic acid groups (broad SMARTS) is 1. The predicted octanol–water partition coefficient (Wildman–Crippen LogP) is 3.88. The summed E-state index contributed by atoms with van der Waals surface area (Å²) in [5.74, 6) is -2.70. The van der Waals surface area contributed by atoms with E-state index in [1.54, 1.807) is 34.9 Å². The van der Waals surface area contributed by atoms with Crippen LogP contribution in [-0.2, 0) is 6.42 Å². The number of anilines is 2. The quantitative estimate of drug-likeness (QED) is 0.223. The molecule has 0 aliphatic rings. The molecule has 0 unspecified atom stereocenters. The number of amides is 2. The number of aromatic nitrogens is 3. The molecule has 0 atom stereocenters. The zero-order valence-corrected chi connectivity index (χ0v) is 20.7. The number of carbonyl (C=O) groups is 2. The zero-order chi connectivity index (χ0) is 27.9. The van der Waals surface area contributed by atoms with Gasteiger partial charge in [0.25, 0.3) is 5.91 Å². The molecule has 39 heavy (non-hydrogen) atoms. The first kappa shape index (κ1) is 26.8. The number of nitrogens with one attached hydrogen (secondary N) is 3. The monoisotopic (exact) mass is 535 g/mol. The fourth-order valence-corrected chi connectivity index (χ4v) is 3.92. The minimum atomic E-state index is -1.21. The normalized spacial score (nSPS) is 10.6. The van der Waals surface area contributed by atoms with Crippen LogP contribution in [0.5, 0.6) is 5.75 Å². The van der Waals surface area contributed by atoms with Gasteiger partial charge in [-0.25, -0.2) is 19.2 Å². The van der Waals surface area contributed by atoms with Crippen LogP contribution in [0.3, 0.4) is 0 Å². The molecule has 4 rings (SSSR count). The number of nitrogens with zero attached hydrogens (tertiary/aromatic N) is 4. The van der Waals surface area contributed by atoms with Crippen molar-refractivity contribution < 1.29 is 28.2 Å². The molecule has 0 aliphatic heterocycles. The molecule has 11 nitrogen and oxygen atoms in total. The van der Waals surface area contributed by atoms with Crippen molar-refractivity contribution in [3.63, 3.8) is 0 Å². The van der Waals surface area contributed by atoms with Gasteiger partial charge in [-0.15, -0.1) is 0 Å². The maximum absolute atomic E-state index is 14.9. The van der Waals surface area contributed by atoms with Gasteiger partial charge in [0, 0.05) is 42.3 Å². The Hall–Kier alpha value is -5.25. The second-order valence-electron chi connectivity index (χ2n) is 8.14. The van der Waals surface area contributed by atoms with Crippen LogP contribution in [0.15, 0.2) is 48.9 Å². The van der Waals surface area contributed by atoms with E-state index in [0.29, 0.717) is 29.1 Å². The van der Waals surface area contributed by atoms with Crippen LogP contribution in [0.4, 0.5) is 25.1 Å². The van der Waals surface area contributed by atoms with Crippen LogP contribution in [-0.4, -0.2) is 51.2 Å². The average Bonchev–Trinajstić information content (AvgIpc) is 3.36. The van der Waals surface area contributed by atoms with Crippen LogP contribution < -0.4 is 20.7 Å². The van der Waals surface area contributed by atoms with Gasteiger partial charge in [0.05, 0.1) is 11.9 Å². The summed E-state index contributed by atoms with van der Waals surface area (Å²) < 4.78 is 35.9. The molecule has 2 heterocycles. The Bertz CT molecular complexity index is 1580. The van der Waals surface area contributed by atoms with E-state index in [0.717, 1.165) is 5.56 Å². The van der Waals surface area contributed by atoms with E-state index >= 15 is 0 Å². The number of halogens is 2. The third-order valence-corrected chi connectivity index (χ3v) is 5.72. The molecule has 0 bridgehead atoms. The van der Waals surface area contributed by atoms with Gasteiger partial charge in [-0.2, -0.15) is 9.65 Å². The van der Waals surface area contributed by atoms with Crippen molar-refractivity contribution in [2.24, 2.45) is 0 Å². The third kappa shape index (κ3) is 5.85. The maximum atomic E-state index is 14.9. The molecule has 4 aromatic rings. The Kier molecular flexibility index (Phi) is 8.15. The SMILES string of the molecule is CCc1cc(Nc2nccn3c(-c4ccc(OCC#N)c(F)c4F)cnc23)ccc1C(=O)NCCNC(=O)O. The Balaban J connectivity index is 1.58. The summed E-state index contributed by atoms with van der Waals surface area (Å²) in [5, 5.41) is 25.2. The molecule has 0 fully saturated rings. The van der Waals surface area contributed by atoms with Crippen molar-refractivity contribution in [2.45, 2.75) is 13.3 Å². The lowest BCUT2D eigenvalue weighted by Gasteiger charge is -2.13. The number of aryl methyl sites for hydroxylation is 1. The second-order valence-corrected chi connectivity index (χ2v) is 8.14. The molecule has 2 aromatic heterocycles. The Morgan fingerprint density at radius 1 is 1.13 bits per heavy atom. The van der Waals surface area contributed by atoms with Crippen LogP contribution in [0.25, 0.3) is 16.9 Å². The number of hydrogen-bond acceptors (Lipinski definition) is 7. The van der Waals surface area contributed by atoms with E-state index in [1.165, 1.54) is 24.5 Å². The van der Waals surface area contributed by atoms with Crippen LogP contribution in [0.2, 0.25) is 0 Å². The average molecular weight is 536 g/mol. The molecule has 0 spiro atoms. The van der Waals surface area contributed by atoms with E-state index in [-0.39, 0.29) is 36.0 Å². The maximum Gasteiger partial charge on any atom is 0.404 e. The van der Waals surface area contributed by atoms with E-state index < -0.39 is 24.3 Å². The predicted molar refractivity (Wildman–Crippen MR) is 137 cm³/mol. The number of imidazole rings is 1. The topological polar surface area (TPSA) is 154 Å². The number of fused-ring (bicyclic) bond motifs is 1. The van der Waals surface area contributed by atoms with E-state index in [1.807, 2.05) is 6.92 Å². The number of hydrogen-bond donors (Lipinski definition) is 4. The number of nitriles is 1. The molecule has 0 saturated carbocycles. The first-order valence-corrected chi connectivity index (χ1v) is 11.8. The van der Waals surface area contributed by atoms with Crippen molar-refractivity contribution >= 4 is 29.2 Å². The summed E-state index contributed by atoms with van der Waals surface area (Å²) >= 11 is 0. The molecular formula is C26H23F2N7O4. The molecule has 0 aliphatic carbocycles. The van der Waals surface area contributed by atoms with E-state index in [4.69, 9.17) is 15.1 Å². The highest BCUT2D eigenvalue weighted by Crippen LogP contribution is 2.32. The highest BCUT2D eigenvalue weighted by Gasteiger charge is 2.20. The summed E-state index contributed by atoms with van der Waals surface area (Å²) in [5.41, 5.74) is 2.39. The lowest BCUT2D eigenvalue weighted by molar-refractivity contribution is 0.0952. The van der Waals surface area contributed by atoms with Gasteiger partial charge in [-0.3, -0.25) is 9.20 Å². The number of ether oxygens (including phenoxy) is 1. The lowest BCUT2D eigenvalue weighted by atomic mass is 10.0. The Morgan fingerprint density at radius 3 is 2.67 bits per heavy atom. The molecule has 4 N–H and O–H groups in total. The largest absolute Gasteiger partial charge is 0.476 e. The molecule has 200 valence electrons. The summed E-state index contributed by atoms with van der Waals surface area (Å²) in [6.07, 6.45) is 3.81. The minimum Gasteiger partial charge on any atom is -0.476 e. The molecule has 0 saturated heterocycles. The van der Waals surface area contributed by atoms with Gasteiger partial charge in [0.1, 0.15) is 6.07 Å². The van der Waals surface area contributed by atoms with E-state index in [9.17, 15) is 18.4 Å². The van der Waals surface area contributed by atoms with Gasteiger partial charge >= 0.3 is 6.09 Å². The number of benzene rings is 2. The molecule has 2 amide bonds. The van der Waals surface area contributed by atoms with Crippen molar-refractivity contribution in [3.8, 4) is 23.1 Å². The van der Waals surface area contributed by atoms with Gasteiger partial charge in [-0.05, 0) is 42.3 Å². The van der Waals surface area contributed by atoms with E-state index in [2.05, 4.69) is 25.9 Å². The summed E-state index contributed by atoms with van der Waals surface area (Å²) in [7, 11) is 0. The van der Waals surface area contributed by atoms with Crippen LogP contribution in [0, 0.1) is 23.0 Å². The zero-order valence-electron chi connectivity index (χ0n) is 20.7. The van der Waals surface area contributed by atoms with Gasteiger partial charge in [0.15, 0.2) is 29.6 Å². The first-order chi connectivity index (χ1) is 18.8. The minimum absolute atomic E-state index is 0.0522. The Labute approximate surface area is 221 Å². The highest BCUT2D eigenvalue weighted by molar-refractivity contribution is 5.96. The van der Waals surface area contributed by atoms with Gasteiger partial charge in [-0.1, -0.05) is 6.92 Å². The smallest absolute Gasteiger partial charge is 0.404 e. The number of rotatable bonds is 10. The van der Waals surface area contributed by atoms with Crippen molar-refractivity contribution in [1.82, 2.24) is 25.0 Å². The van der Waals surface area contributed by atoms with Crippen molar-refractivity contribution in [2.75, 3.05) is 25.0 Å². The fraction of sp³-hybridized carbons (Fsp3) is 0.192. The standard InChI is InChI=1S/C26H23F2N7O4/c1-2-15-13-16(3-4-17(15)25(36)31-8-9-32-26(37)38)34-23-24-33-14-19(35(24)11-10-30-23)18-5-6-20(39-12-7-29)22(28)21(18)27/h3-6,10-11,13-14,32H,2,8-9,12H2,1H3,(H,30,34)(H,31,36)(H,37,38). The molecule has 0 radical (unpaired) electrons. The molecular weight excluding hydrogens is 512 g/mol. The Morgan fingerprint density at radius 2 is 1.92 bits per heavy atom. The molecule has 2 aromatic carbocycles. The van der Waals surface area contributed by atoms with Gasteiger partial charge < -0.3 is 25.8 Å². The fourth-order valence-electron chi connectivity index (χ4n) is 3.92. The van der Waals surface area contributed by atoms with Gasteiger partial charge in [0.2, 0.25) is 5.82 Å². The third-order valence-electron chi connectivity index (χ3n) is 5.72. The second kappa shape index (κ2) is 11.9. The van der Waals surface area contributed by atoms with Crippen LogP contribution in [0.1, 0.15) is 22.8 Å². The summed E-state index contributed by atoms with van der Waals surface area (Å²) in [6.45, 7) is 1.70. The highest BCUT2D eigenvalue weighted by atomic mass is 19.2. The summed E-state index contributed by atoms with van der Waals surface area (Å²) in [4.78, 5) is 31.8. The first-order valence-electron chi connectivity index (χ1n) is 11.8.